The second-order valence-electron chi connectivity index (χ2n) is 5.67. The molecule has 1 aromatic carbocycles. The number of likely N-dealkylation sites (N-methyl/N-ethyl adjacent to an activating group) is 1. The Morgan fingerprint density at radius 3 is 3.05 bits per heavy atom. The average Bonchev–Trinajstić information content (AvgIpc) is 2.47. The van der Waals surface area contributed by atoms with Gasteiger partial charge in [0.05, 0.1) is 18.2 Å². The fourth-order valence-electron chi connectivity index (χ4n) is 2.86. The predicted octanol–water partition coefficient (Wildman–Crippen LogP) is 2.76. The highest BCUT2D eigenvalue weighted by Gasteiger charge is 2.22. The van der Waals surface area contributed by atoms with Crippen LogP contribution in [0.25, 0.3) is 10.9 Å². The van der Waals surface area contributed by atoms with Gasteiger partial charge in [-0.2, -0.15) is 0 Å². The van der Waals surface area contributed by atoms with Gasteiger partial charge in [0.25, 0.3) is 0 Å². The molecule has 1 fully saturated rings. The topological polar surface area (TPSA) is 28.6 Å². The van der Waals surface area contributed by atoms with Crippen molar-refractivity contribution in [2.75, 3.05) is 45.2 Å². The molecule has 0 amide bonds. The summed E-state index contributed by atoms with van der Waals surface area (Å²) in [5.74, 6) is 0. The average molecular weight is 350 g/mol. The first-order valence-corrected chi connectivity index (χ1v) is 7.99. The first-order valence-electron chi connectivity index (χ1n) is 7.19. The van der Waals surface area contributed by atoms with Gasteiger partial charge in [-0.25, -0.2) is 0 Å². The van der Waals surface area contributed by atoms with E-state index in [4.69, 9.17) is 4.74 Å². The van der Waals surface area contributed by atoms with E-state index in [-0.39, 0.29) is 6.10 Å². The number of fused-ring (bicyclic) bond motifs is 1. The SMILES string of the molecule is CN(C)CC1CN(c2ccnc3c(Br)cccc23)CCO1. The maximum absolute atomic E-state index is 5.87. The summed E-state index contributed by atoms with van der Waals surface area (Å²) in [5, 5.41) is 1.19. The maximum atomic E-state index is 5.87. The highest BCUT2D eigenvalue weighted by Crippen LogP contribution is 2.30. The van der Waals surface area contributed by atoms with E-state index in [1.807, 2.05) is 12.3 Å². The van der Waals surface area contributed by atoms with Crippen LogP contribution in [0.1, 0.15) is 0 Å². The van der Waals surface area contributed by atoms with Crippen molar-refractivity contribution in [3.05, 3.63) is 34.9 Å². The number of hydrogen-bond acceptors (Lipinski definition) is 4. The van der Waals surface area contributed by atoms with Crippen molar-refractivity contribution in [3.8, 4) is 0 Å². The molecule has 0 aliphatic carbocycles. The zero-order valence-corrected chi connectivity index (χ0v) is 14.0. The lowest BCUT2D eigenvalue weighted by Gasteiger charge is -2.36. The van der Waals surface area contributed by atoms with Crippen LogP contribution < -0.4 is 4.90 Å². The van der Waals surface area contributed by atoms with Gasteiger partial charge >= 0.3 is 0 Å². The molecule has 4 nitrogen and oxygen atoms in total. The normalized spacial score (nSPS) is 19.4. The van der Waals surface area contributed by atoms with E-state index in [9.17, 15) is 0 Å². The fraction of sp³-hybridized carbons (Fsp3) is 0.438. The number of anilines is 1. The largest absolute Gasteiger partial charge is 0.373 e. The van der Waals surface area contributed by atoms with Gasteiger partial charge in [-0.05, 0) is 42.2 Å². The molecular weight excluding hydrogens is 330 g/mol. The number of ether oxygens (including phenoxy) is 1. The predicted molar refractivity (Wildman–Crippen MR) is 90.0 cm³/mol. The minimum atomic E-state index is 0.254. The summed E-state index contributed by atoms with van der Waals surface area (Å²) in [7, 11) is 4.17. The van der Waals surface area contributed by atoms with Crippen LogP contribution in [0, 0.1) is 0 Å². The van der Waals surface area contributed by atoms with E-state index in [0.717, 1.165) is 36.2 Å². The van der Waals surface area contributed by atoms with Gasteiger partial charge in [-0.1, -0.05) is 12.1 Å². The van der Waals surface area contributed by atoms with E-state index in [0.29, 0.717) is 0 Å². The number of nitrogens with zero attached hydrogens (tertiary/aromatic N) is 3. The van der Waals surface area contributed by atoms with Gasteiger partial charge in [0.2, 0.25) is 0 Å². The molecular formula is C16H20BrN3O. The Morgan fingerprint density at radius 1 is 1.38 bits per heavy atom. The summed E-state index contributed by atoms with van der Waals surface area (Å²) >= 11 is 3.59. The van der Waals surface area contributed by atoms with Crippen LogP contribution in [-0.4, -0.2) is 56.3 Å². The Hall–Kier alpha value is -1.17. The number of morpholine rings is 1. The summed E-state index contributed by atoms with van der Waals surface area (Å²) < 4.78 is 6.91. The van der Waals surface area contributed by atoms with E-state index >= 15 is 0 Å². The minimum Gasteiger partial charge on any atom is -0.373 e. The van der Waals surface area contributed by atoms with E-state index in [2.05, 4.69) is 63.0 Å². The second kappa shape index (κ2) is 6.30. The van der Waals surface area contributed by atoms with Crippen LogP contribution in [0.15, 0.2) is 34.9 Å². The number of benzene rings is 1. The summed E-state index contributed by atoms with van der Waals surface area (Å²) in [6.07, 6.45) is 2.14. The second-order valence-corrected chi connectivity index (χ2v) is 6.52. The van der Waals surface area contributed by atoms with Gasteiger partial charge in [-0.15, -0.1) is 0 Å². The molecule has 21 heavy (non-hydrogen) atoms. The Bertz CT molecular complexity index is 632. The molecule has 1 unspecified atom stereocenters. The molecule has 2 heterocycles. The molecule has 0 N–H and O–H groups in total. The quantitative estimate of drug-likeness (QED) is 0.851. The molecule has 1 aliphatic rings. The summed E-state index contributed by atoms with van der Waals surface area (Å²) in [4.78, 5) is 9.08. The number of rotatable bonds is 3. The Balaban J connectivity index is 1.91. The molecule has 1 aliphatic heterocycles. The molecule has 2 aromatic rings. The molecule has 1 aromatic heterocycles. The lowest BCUT2D eigenvalue weighted by molar-refractivity contribution is 0.0248. The summed E-state index contributed by atoms with van der Waals surface area (Å²) in [6, 6.07) is 8.34. The molecule has 3 rings (SSSR count). The molecule has 1 saturated heterocycles. The van der Waals surface area contributed by atoms with Gasteiger partial charge in [-0.3, -0.25) is 4.98 Å². The molecule has 0 bridgehead atoms. The molecule has 5 heteroatoms. The first kappa shape index (κ1) is 14.8. The zero-order chi connectivity index (χ0) is 14.8. The molecule has 0 spiro atoms. The van der Waals surface area contributed by atoms with Crippen LogP contribution >= 0.6 is 15.9 Å². The van der Waals surface area contributed by atoms with Gasteiger partial charge in [0, 0.05) is 41.4 Å². The molecule has 112 valence electrons. The van der Waals surface area contributed by atoms with Crippen molar-refractivity contribution in [2.24, 2.45) is 0 Å². The lowest BCUT2D eigenvalue weighted by atomic mass is 10.1. The Labute approximate surface area is 133 Å². The van der Waals surface area contributed by atoms with Gasteiger partial charge < -0.3 is 14.5 Å². The smallest absolute Gasteiger partial charge is 0.0877 e. The standard InChI is InChI=1S/C16H20BrN3O/c1-19(2)10-12-11-20(8-9-21-12)15-6-7-18-16-13(15)4-3-5-14(16)17/h3-7,12H,8-11H2,1-2H3. The number of halogens is 1. The lowest BCUT2D eigenvalue weighted by Crippen LogP contribution is -2.46. The van der Waals surface area contributed by atoms with Crippen LogP contribution in [0.5, 0.6) is 0 Å². The monoisotopic (exact) mass is 349 g/mol. The summed E-state index contributed by atoms with van der Waals surface area (Å²) in [5.41, 5.74) is 2.26. The molecule has 0 radical (unpaired) electrons. The third kappa shape index (κ3) is 3.20. The van der Waals surface area contributed by atoms with Crippen molar-refractivity contribution in [1.29, 1.82) is 0 Å². The Morgan fingerprint density at radius 2 is 2.24 bits per heavy atom. The number of hydrogen-bond donors (Lipinski definition) is 0. The first-order chi connectivity index (χ1) is 10.1. The van der Waals surface area contributed by atoms with Crippen molar-refractivity contribution in [2.45, 2.75) is 6.10 Å². The van der Waals surface area contributed by atoms with Crippen molar-refractivity contribution in [1.82, 2.24) is 9.88 Å². The van der Waals surface area contributed by atoms with Crippen LogP contribution in [0.4, 0.5) is 5.69 Å². The Kier molecular flexibility index (Phi) is 4.42. The summed E-state index contributed by atoms with van der Waals surface area (Å²) in [6.45, 7) is 3.57. The fourth-order valence-corrected chi connectivity index (χ4v) is 3.33. The maximum Gasteiger partial charge on any atom is 0.0877 e. The number of aromatic nitrogens is 1. The number of pyridine rings is 1. The highest BCUT2D eigenvalue weighted by molar-refractivity contribution is 9.10. The van der Waals surface area contributed by atoms with Crippen molar-refractivity contribution >= 4 is 32.5 Å². The van der Waals surface area contributed by atoms with E-state index in [1.54, 1.807) is 0 Å². The van der Waals surface area contributed by atoms with Crippen molar-refractivity contribution < 1.29 is 4.74 Å². The zero-order valence-electron chi connectivity index (χ0n) is 12.4. The molecule has 1 atom stereocenters. The molecule has 0 saturated carbocycles. The highest BCUT2D eigenvalue weighted by atomic mass is 79.9. The van der Waals surface area contributed by atoms with E-state index in [1.165, 1.54) is 11.1 Å². The third-order valence-corrected chi connectivity index (χ3v) is 4.39. The minimum absolute atomic E-state index is 0.254. The van der Waals surface area contributed by atoms with Gasteiger partial charge in [0.1, 0.15) is 0 Å². The van der Waals surface area contributed by atoms with Gasteiger partial charge in [0.15, 0.2) is 0 Å². The third-order valence-electron chi connectivity index (χ3n) is 3.75. The number of para-hydroxylation sites is 1. The van der Waals surface area contributed by atoms with Crippen LogP contribution in [-0.2, 0) is 4.74 Å². The van der Waals surface area contributed by atoms with E-state index < -0.39 is 0 Å². The van der Waals surface area contributed by atoms with Crippen LogP contribution in [0.3, 0.4) is 0 Å². The van der Waals surface area contributed by atoms with Crippen molar-refractivity contribution in [3.63, 3.8) is 0 Å². The van der Waals surface area contributed by atoms with Crippen LogP contribution in [0.2, 0.25) is 0 Å².